The van der Waals surface area contributed by atoms with Crippen molar-refractivity contribution in [3.05, 3.63) is 59.2 Å². The number of carbonyl (C=O) groups is 2. The zero-order chi connectivity index (χ0) is 20.2. The molecule has 0 aliphatic carbocycles. The van der Waals surface area contributed by atoms with Gasteiger partial charge in [-0.1, -0.05) is 23.8 Å². The van der Waals surface area contributed by atoms with E-state index >= 15 is 0 Å². The van der Waals surface area contributed by atoms with Gasteiger partial charge in [-0.05, 0) is 38.1 Å². The fourth-order valence-corrected chi connectivity index (χ4v) is 2.33. The Morgan fingerprint density at radius 1 is 1.11 bits per heavy atom. The highest BCUT2D eigenvalue weighted by Crippen LogP contribution is 2.34. The summed E-state index contributed by atoms with van der Waals surface area (Å²) < 4.78 is 49.2. The van der Waals surface area contributed by atoms with Crippen molar-refractivity contribution in [3.63, 3.8) is 0 Å². The minimum absolute atomic E-state index is 0.118. The fraction of sp³-hybridized carbons (Fsp3) is 0.263. The number of carbonyl (C=O) groups excluding carboxylic acids is 2. The number of hydrogen-bond donors (Lipinski definition) is 1. The van der Waals surface area contributed by atoms with Crippen LogP contribution in [0.4, 0.5) is 18.9 Å². The molecule has 27 heavy (non-hydrogen) atoms. The van der Waals surface area contributed by atoms with E-state index in [2.05, 4.69) is 5.32 Å². The third-order valence-corrected chi connectivity index (χ3v) is 3.72. The SMILES string of the molecule is COc1ccc(C)cc1C(=O)O[C@@H](C)C(=O)Nc1ccccc1C(F)(F)F. The largest absolute Gasteiger partial charge is 0.496 e. The van der Waals surface area contributed by atoms with Gasteiger partial charge in [0.05, 0.1) is 18.4 Å². The number of para-hydroxylation sites is 1. The summed E-state index contributed by atoms with van der Waals surface area (Å²) in [7, 11) is 1.38. The smallest absolute Gasteiger partial charge is 0.418 e. The van der Waals surface area contributed by atoms with Crippen LogP contribution in [0.1, 0.15) is 28.4 Å². The van der Waals surface area contributed by atoms with Crippen molar-refractivity contribution in [2.45, 2.75) is 26.1 Å². The van der Waals surface area contributed by atoms with Gasteiger partial charge in [0.15, 0.2) is 6.10 Å². The van der Waals surface area contributed by atoms with Crippen LogP contribution in [-0.2, 0) is 15.7 Å². The van der Waals surface area contributed by atoms with E-state index in [1.54, 1.807) is 19.1 Å². The first-order chi connectivity index (χ1) is 12.6. The lowest BCUT2D eigenvalue weighted by atomic mass is 10.1. The molecule has 0 radical (unpaired) electrons. The topological polar surface area (TPSA) is 64.6 Å². The molecule has 144 valence electrons. The molecule has 0 aromatic heterocycles. The number of ether oxygens (including phenoxy) is 2. The molecular weight excluding hydrogens is 363 g/mol. The van der Waals surface area contributed by atoms with E-state index in [-0.39, 0.29) is 11.3 Å². The van der Waals surface area contributed by atoms with Crippen molar-refractivity contribution in [1.29, 1.82) is 0 Å². The summed E-state index contributed by atoms with van der Waals surface area (Å²) in [5, 5.41) is 2.15. The van der Waals surface area contributed by atoms with Crippen LogP contribution in [0.25, 0.3) is 0 Å². The second-order valence-corrected chi connectivity index (χ2v) is 5.78. The average molecular weight is 381 g/mol. The Morgan fingerprint density at radius 2 is 1.78 bits per heavy atom. The Hall–Kier alpha value is -3.03. The number of rotatable bonds is 5. The normalized spacial score (nSPS) is 12.2. The van der Waals surface area contributed by atoms with Crippen LogP contribution >= 0.6 is 0 Å². The Bertz CT molecular complexity index is 849. The second-order valence-electron chi connectivity index (χ2n) is 5.78. The molecule has 2 aromatic rings. The molecule has 2 rings (SSSR count). The summed E-state index contributed by atoms with van der Waals surface area (Å²) in [6.45, 7) is 3.03. The number of hydrogen-bond acceptors (Lipinski definition) is 4. The highest BCUT2D eigenvalue weighted by molar-refractivity contribution is 5.98. The Morgan fingerprint density at radius 3 is 2.41 bits per heavy atom. The van der Waals surface area contributed by atoms with Gasteiger partial charge in [-0.2, -0.15) is 13.2 Å². The molecule has 8 heteroatoms. The molecule has 0 unspecified atom stereocenters. The summed E-state index contributed by atoms with van der Waals surface area (Å²) in [6.07, 6.45) is -5.94. The second kappa shape index (κ2) is 8.11. The number of amides is 1. The van der Waals surface area contributed by atoms with Gasteiger partial charge in [0, 0.05) is 0 Å². The predicted octanol–water partition coefficient (Wildman–Crippen LogP) is 4.21. The summed E-state index contributed by atoms with van der Waals surface area (Å²) in [5.74, 6) is -1.44. The number of esters is 1. The molecule has 1 atom stereocenters. The number of anilines is 1. The molecule has 0 bridgehead atoms. The van der Waals surface area contributed by atoms with Crippen molar-refractivity contribution < 1.29 is 32.2 Å². The maximum atomic E-state index is 13.0. The van der Waals surface area contributed by atoms with E-state index in [9.17, 15) is 22.8 Å². The van der Waals surface area contributed by atoms with Gasteiger partial charge in [-0.15, -0.1) is 0 Å². The van der Waals surface area contributed by atoms with Crippen molar-refractivity contribution in [2.24, 2.45) is 0 Å². The van der Waals surface area contributed by atoms with Gasteiger partial charge >= 0.3 is 12.1 Å². The molecule has 0 saturated heterocycles. The number of benzene rings is 2. The van der Waals surface area contributed by atoms with Crippen LogP contribution in [0.15, 0.2) is 42.5 Å². The van der Waals surface area contributed by atoms with Crippen LogP contribution in [-0.4, -0.2) is 25.1 Å². The third-order valence-electron chi connectivity index (χ3n) is 3.72. The molecule has 0 aliphatic rings. The van der Waals surface area contributed by atoms with Crippen LogP contribution in [0, 0.1) is 6.92 Å². The molecule has 0 heterocycles. The lowest BCUT2D eigenvalue weighted by Crippen LogP contribution is -2.31. The molecular formula is C19H18F3NO4. The molecule has 1 N–H and O–H groups in total. The monoisotopic (exact) mass is 381 g/mol. The summed E-state index contributed by atoms with van der Waals surface area (Å²) in [5.41, 5.74) is -0.505. The van der Waals surface area contributed by atoms with Crippen LogP contribution in [0.3, 0.4) is 0 Å². The minimum Gasteiger partial charge on any atom is -0.496 e. The summed E-state index contributed by atoms with van der Waals surface area (Å²) in [6, 6.07) is 9.40. The van der Waals surface area contributed by atoms with Gasteiger partial charge in [0.1, 0.15) is 11.3 Å². The molecule has 1 amide bonds. The summed E-state index contributed by atoms with van der Waals surface area (Å²) in [4.78, 5) is 24.5. The van der Waals surface area contributed by atoms with Crippen LogP contribution in [0.2, 0.25) is 0 Å². The standard InChI is InChI=1S/C19H18F3NO4/c1-11-8-9-16(26-3)13(10-11)18(25)27-12(2)17(24)23-15-7-5-4-6-14(15)19(20,21)22/h4-10,12H,1-3H3,(H,23,24)/t12-/m0/s1. The molecule has 0 fully saturated rings. The first-order valence-electron chi connectivity index (χ1n) is 7.96. The molecule has 0 spiro atoms. The van der Waals surface area contributed by atoms with Gasteiger partial charge in [-0.25, -0.2) is 4.79 Å². The Balaban J connectivity index is 2.13. The Kier molecular flexibility index (Phi) is 6.09. The minimum atomic E-state index is -4.63. The van der Waals surface area contributed by atoms with E-state index in [1.165, 1.54) is 32.2 Å². The Labute approximate surface area is 154 Å². The summed E-state index contributed by atoms with van der Waals surface area (Å²) >= 11 is 0. The fourth-order valence-electron chi connectivity index (χ4n) is 2.33. The number of halogens is 3. The number of methoxy groups -OCH3 is 1. The highest BCUT2D eigenvalue weighted by Gasteiger charge is 2.34. The predicted molar refractivity (Wildman–Crippen MR) is 92.7 cm³/mol. The zero-order valence-electron chi connectivity index (χ0n) is 14.9. The first kappa shape index (κ1) is 20.3. The van der Waals surface area contributed by atoms with Gasteiger partial charge in [-0.3, -0.25) is 4.79 Å². The van der Waals surface area contributed by atoms with Crippen molar-refractivity contribution in [1.82, 2.24) is 0 Å². The van der Waals surface area contributed by atoms with Crippen molar-refractivity contribution in [2.75, 3.05) is 12.4 Å². The van der Waals surface area contributed by atoms with Gasteiger partial charge < -0.3 is 14.8 Å². The van der Waals surface area contributed by atoms with Crippen molar-refractivity contribution >= 4 is 17.6 Å². The molecule has 0 aliphatic heterocycles. The van der Waals surface area contributed by atoms with Crippen molar-refractivity contribution in [3.8, 4) is 5.75 Å². The number of alkyl halides is 3. The average Bonchev–Trinajstić information content (AvgIpc) is 2.61. The van der Waals surface area contributed by atoms with Gasteiger partial charge in [0.25, 0.3) is 5.91 Å². The molecule has 0 saturated carbocycles. The van der Waals surface area contributed by atoms with Gasteiger partial charge in [0.2, 0.25) is 0 Å². The lowest BCUT2D eigenvalue weighted by Gasteiger charge is -2.17. The van der Waals surface area contributed by atoms with Crippen LogP contribution < -0.4 is 10.1 Å². The number of aryl methyl sites for hydroxylation is 1. The molecule has 2 aromatic carbocycles. The van der Waals surface area contributed by atoms with E-state index < -0.39 is 35.4 Å². The van der Waals surface area contributed by atoms with Crippen LogP contribution in [0.5, 0.6) is 5.75 Å². The van der Waals surface area contributed by atoms with E-state index in [0.29, 0.717) is 0 Å². The van der Waals surface area contributed by atoms with E-state index in [0.717, 1.165) is 17.7 Å². The number of nitrogens with one attached hydrogen (secondary N) is 1. The lowest BCUT2D eigenvalue weighted by molar-refractivity contribution is -0.137. The van der Waals surface area contributed by atoms with E-state index in [1.807, 2.05) is 0 Å². The first-order valence-corrected chi connectivity index (χ1v) is 7.96. The molecule has 5 nitrogen and oxygen atoms in total. The zero-order valence-corrected chi connectivity index (χ0v) is 14.9. The maximum Gasteiger partial charge on any atom is 0.418 e. The van der Waals surface area contributed by atoms with E-state index in [4.69, 9.17) is 9.47 Å². The quantitative estimate of drug-likeness (QED) is 0.789. The highest BCUT2D eigenvalue weighted by atomic mass is 19.4. The third kappa shape index (κ3) is 4.99. The maximum absolute atomic E-state index is 13.0.